The number of hydrogen-bond acceptors (Lipinski definition) is 1. The third-order valence-electron chi connectivity index (χ3n) is 3.49. The molecule has 1 aliphatic rings. The quantitative estimate of drug-likeness (QED) is 0.810. The monoisotopic (exact) mass is 226 g/mol. The first-order valence-electron chi connectivity index (χ1n) is 5.63. The third-order valence-corrected chi connectivity index (χ3v) is 3.49. The molecule has 0 saturated heterocycles. The van der Waals surface area contributed by atoms with Gasteiger partial charge in [-0.05, 0) is 49.8 Å². The zero-order valence-electron chi connectivity index (χ0n) is 9.29. The molecular weight excluding hydrogens is 210 g/mol. The lowest BCUT2D eigenvalue weighted by atomic mass is 9.94. The fraction of sp³-hybridized carbons (Fsp3) is 0.538. The van der Waals surface area contributed by atoms with E-state index in [9.17, 15) is 13.9 Å². The minimum atomic E-state index is -2.58. The average molecular weight is 226 g/mol. The molecule has 1 aromatic rings. The summed E-state index contributed by atoms with van der Waals surface area (Å²) in [5, 5.41) is 9.35. The molecule has 2 atom stereocenters. The van der Waals surface area contributed by atoms with Crippen LogP contribution in [0.25, 0.3) is 0 Å². The van der Waals surface area contributed by atoms with Gasteiger partial charge in [-0.15, -0.1) is 0 Å². The topological polar surface area (TPSA) is 20.2 Å². The van der Waals surface area contributed by atoms with E-state index in [0.29, 0.717) is 12.8 Å². The Balaban J connectivity index is 2.09. The van der Waals surface area contributed by atoms with Crippen molar-refractivity contribution in [2.24, 2.45) is 5.92 Å². The molecule has 3 heteroatoms. The van der Waals surface area contributed by atoms with E-state index in [2.05, 4.69) is 0 Å². The standard InChI is InChI=1S/C13H16F2O/c1-13(14,15)11-6-5-10(7-11)9-3-2-4-12(16)8-9/h2-4,8,10-11,16H,5-7H2,1H3. The molecule has 2 rings (SSSR count). The van der Waals surface area contributed by atoms with Crippen molar-refractivity contribution in [2.45, 2.75) is 38.0 Å². The summed E-state index contributed by atoms with van der Waals surface area (Å²) < 4.78 is 26.3. The highest BCUT2D eigenvalue weighted by Crippen LogP contribution is 2.45. The van der Waals surface area contributed by atoms with E-state index in [-0.39, 0.29) is 11.7 Å². The van der Waals surface area contributed by atoms with Crippen molar-refractivity contribution in [1.29, 1.82) is 0 Å². The molecule has 1 N–H and O–H groups in total. The molecule has 2 unspecified atom stereocenters. The van der Waals surface area contributed by atoms with E-state index in [1.54, 1.807) is 18.2 Å². The number of halogens is 2. The van der Waals surface area contributed by atoms with Crippen molar-refractivity contribution in [1.82, 2.24) is 0 Å². The molecule has 88 valence electrons. The zero-order chi connectivity index (χ0) is 11.8. The zero-order valence-corrected chi connectivity index (χ0v) is 9.29. The molecule has 1 saturated carbocycles. The van der Waals surface area contributed by atoms with Gasteiger partial charge >= 0.3 is 0 Å². The highest BCUT2D eigenvalue weighted by molar-refractivity contribution is 5.30. The molecule has 0 heterocycles. The van der Waals surface area contributed by atoms with Crippen LogP contribution in [0.4, 0.5) is 8.78 Å². The van der Waals surface area contributed by atoms with Gasteiger partial charge in [0.05, 0.1) is 0 Å². The van der Waals surface area contributed by atoms with Gasteiger partial charge in [-0.1, -0.05) is 12.1 Å². The summed E-state index contributed by atoms with van der Waals surface area (Å²) in [6.45, 7) is 1.00. The summed E-state index contributed by atoms with van der Waals surface area (Å²) in [6, 6.07) is 6.95. The Morgan fingerprint density at radius 1 is 1.31 bits per heavy atom. The summed E-state index contributed by atoms with van der Waals surface area (Å²) in [6.07, 6.45) is 1.88. The Bertz CT molecular complexity index is 370. The Kier molecular flexibility index (Phi) is 2.87. The van der Waals surface area contributed by atoms with Crippen LogP contribution in [0, 0.1) is 5.92 Å². The number of hydrogen-bond donors (Lipinski definition) is 1. The summed E-state index contributed by atoms with van der Waals surface area (Å²) in [5.41, 5.74) is 0.978. The number of phenolic OH excluding ortho intramolecular Hbond substituents is 1. The van der Waals surface area contributed by atoms with Crippen LogP contribution < -0.4 is 0 Å². The Hall–Kier alpha value is -1.12. The smallest absolute Gasteiger partial charge is 0.248 e. The lowest BCUT2D eigenvalue weighted by Gasteiger charge is -2.18. The molecule has 16 heavy (non-hydrogen) atoms. The van der Waals surface area contributed by atoms with Crippen molar-refractivity contribution in [3.8, 4) is 5.75 Å². The maximum atomic E-state index is 13.1. The van der Waals surface area contributed by atoms with Gasteiger partial charge in [-0.25, -0.2) is 8.78 Å². The molecule has 0 aromatic heterocycles. The largest absolute Gasteiger partial charge is 0.508 e. The van der Waals surface area contributed by atoms with Gasteiger partial charge < -0.3 is 5.11 Å². The molecule has 1 nitrogen and oxygen atoms in total. The average Bonchev–Trinajstić information content (AvgIpc) is 2.65. The molecule has 0 aliphatic heterocycles. The second-order valence-corrected chi connectivity index (χ2v) is 4.76. The van der Waals surface area contributed by atoms with E-state index < -0.39 is 11.8 Å². The van der Waals surface area contributed by atoms with Crippen LogP contribution in [0.5, 0.6) is 5.75 Å². The van der Waals surface area contributed by atoms with Crippen molar-refractivity contribution < 1.29 is 13.9 Å². The second-order valence-electron chi connectivity index (χ2n) is 4.76. The summed E-state index contributed by atoms with van der Waals surface area (Å²) in [5.74, 6) is -2.71. The number of alkyl halides is 2. The lowest BCUT2D eigenvalue weighted by Crippen LogP contribution is -2.21. The molecule has 1 fully saturated rings. The molecular formula is C13H16F2O. The second kappa shape index (κ2) is 4.04. The Morgan fingerprint density at radius 3 is 2.62 bits per heavy atom. The summed E-state index contributed by atoms with van der Waals surface area (Å²) >= 11 is 0. The molecule has 1 aromatic carbocycles. The third kappa shape index (κ3) is 2.34. The maximum Gasteiger partial charge on any atom is 0.248 e. The van der Waals surface area contributed by atoms with Gasteiger partial charge in [0.2, 0.25) is 5.92 Å². The van der Waals surface area contributed by atoms with Gasteiger partial charge in [-0.3, -0.25) is 0 Å². The van der Waals surface area contributed by atoms with E-state index in [1.807, 2.05) is 6.07 Å². The summed E-state index contributed by atoms with van der Waals surface area (Å²) in [7, 11) is 0. The number of phenols is 1. The van der Waals surface area contributed by atoms with Crippen LogP contribution in [-0.2, 0) is 0 Å². The molecule has 0 bridgehead atoms. The normalized spacial score (nSPS) is 25.9. The highest BCUT2D eigenvalue weighted by Gasteiger charge is 2.40. The predicted octanol–water partition coefficient (Wildman–Crippen LogP) is 3.93. The first-order chi connectivity index (χ1) is 7.47. The fourth-order valence-corrected chi connectivity index (χ4v) is 2.52. The van der Waals surface area contributed by atoms with Gasteiger partial charge in [0.1, 0.15) is 5.75 Å². The minimum absolute atomic E-state index is 0.169. The van der Waals surface area contributed by atoms with Crippen LogP contribution >= 0.6 is 0 Å². The fourth-order valence-electron chi connectivity index (χ4n) is 2.52. The first kappa shape index (κ1) is 11.4. The van der Waals surface area contributed by atoms with Gasteiger partial charge in [0.25, 0.3) is 0 Å². The SMILES string of the molecule is CC(F)(F)C1CCC(c2cccc(O)c2)C1. The van der Waals surface area contributed by atoms with Crippen molar-refractivity contribution in [2.75, 3.05) is 0 Å². The number of rotatable bonds is 2. The molecule has 0 amide bonds. The van der Waals surface area contributed by atoms with Crippen LogP contribution in [-0.4, -0.2) is 11.0 Å². The van der Waals surface area contributed by atoms with Gasteiger partial charge in [0.15, 0.2) is 0 Å². The molecule has 1 aliphatic carbocycles. The minimum Gasteiger partial charge on any atom is -0.508 e. The maximum absolute atomic E-state index is 13.1. The number of aromatic hydroxyl groups is 1. The van der Waals surface area contributed by atoms with Gasteiger partial charge in [-0.2, -0.15) is 0 Å². The van der Waals surface area contributed by atoms with Crippen LogP contribution in [0.1, 0.15) is 37.7 Å². The van der Waals surface area contributed by atoms with Gasteiger partial charge in [0, 0.05) is 5.92 Å². The van der Waals surface area contributed by atoms with E-state index in [0.717, 1.165) is 18.9 Å². The van der Waals surface area contributed by atoms with Crippen molar-refractivity contribution >= 4 is 0 Å². The van der Waals surface area contributed by atoms with Crippen LogP contribution in [0.3, 0.4) is 0 Å². The van der Waals surface area contributed by atoms with E-state index in [1.165, 1.54) is 0 Å². The Morgan fingerprint density at radius 2 is 2.06 bits per heavy atom. The van der Waals surface area contributed by atoms with Crippen LogP contribution in [0.2, 0.25) is 0 Å². The lowest BCUT2D eigenvalue weighted by molar-refractivity contribution is -0.0372. The van der Waals surface area contributed by atoms with Crippen LogP contribution in [0.15, 0.2) is 24.3 Å². The number of benzene rings is 1. The first-order valence-corrected chi connectivity index (χ1v) is 5.63. The van der Waals surface area contributed by atoms with E-state index >= 15 is 0 Å². The van der Waals surface area contributed by atoms with Crippen molar-refractivity contribution in [3.05, 3.63) is 29.8 Å². The molecule has 0 radical (unpaired) electrons. The van der Waals surface area contributed by atoms with E-state index in [4.69, 9.17) is 0 Å². The summed E-state index contributed by atoms with van der Waals surface area (Å²) in [4.78, 5) is 0. The predicted molar refractivity (Wildman–Crippen MR) is 58.8 cm³/mol. The highest BCUT2D eigenvalue weighted by atomic mass is 19.3. The Labute approximate surface area is 94.1 Å². The molecule has 0 spiro atoms. The van der Waals surface area contributed by atoms with Crippen molar-refractivity contribution in [3.63, 3.8) is 0 Å².